The molecule has 4 heteroatoms. The maximum Gasteiger partial charge on any atom is 0.258 e. The Kier molecular flexibility index (Phi) is 4.80. The zero-order valence-electron chi connectivity index (χ0n) is 16.0. The largest absolute Gasteiger partial charge is 0.349 e. The molecule has 3 nitrogen and oxygen atoms in total. The Bertz CT molecular complexity index is 993. The first kappa shape index (κ1) is 18.1. The van der Waals surface area contributed by atoms with E-state index in [1.54, 1.807) is 6.92 Å². The fourth-order valence-electron chi connectivity index (χ4n) is 3.94. The van der Waals surface area contributed by atoms with Gasteiger partial charge in [-0.05, 0) is 22.5 Å². The van der Waals surface area contributed by atoms with Crippen molar-refractivity contribution in [2.45, 2.75) is 13.8 Å². The maximum atomic E-state index is 12.1. The molecule has 0 radical (unpaired) electrons. The standard InChI is InChI=1S/C24H22N2OSi/c1-19(27)24-18-26(20(2)25-24)28(21-12-6-3-7-13-21,22-14-8-4-9-15-22)23-16-10-5-11-17-23/h3-18H,1-2H3. The minimum atomic E-state index is -2.67. The fourth-order valence-corrected chi connectivity index (χ4v) is 8.65. The van der Waals surface area contributed by atoms with E-state index in [4.69, 9.17) is 0 Å². The summed E-state index contributed by atoms with van der Waals surface area (Å²) in [6, 6.07) is 31.8. The zero-order chi connectivity index (χ0) is 19.6. The van der Waals surface area contributed by atoms with Gasteiger partial charge in [0.05, 0.1) is 5.82 Å². The number of Topliss-reactive ketones (excluding diaryl/α,β-unsaturated/α-hetero) is 1. The Balaban J connectivity index is 2.15. The second-order valence-corrected chi connectivity index (χ2v) is 10.5. The lowest BCUT2D eigenvalue weighted by Crippen LogP contribution is -2.72. The highest BCUT2D eigenvalue weighted by Gasteiger charge is 2.43. The van der Waals surface area contributed by atoms with Crippen molar-refractivity contribution >= 4 is 29.6 Å². The van der Waals surface area contributed by atoms with Gasteiger partial charge in [-0.2, -0.15) is 0 Å². The molecule has 0 saturated heterocycles. The Morgan fingerprint density at radius 1 is 0.750 bits per heavy atom. The van der Waals surface area contributed by atoms with Crippen LogP contribution in [0.15, 0.2) is 97.2 Å². The average molecular weight is 383 g/mol. The third kappa shape index (κ3) is 2.92. The quantitative estimate of drug-likeness (QED) is 0.302. The molecule has 1 aromatic heterocycles. The van der Waals surface area contributed by atoms with Crippen LogP contribution in [0.4, 0.5) is 0 Å². The van der Waals surface area contributed by atoms with Crippen molar-refractivity contribution in [1.29, 1.82) is 0 Å². The molecule has 1 heterocycles. The third-order valence-electron chi connectivity index (χ3n) is 5.18. The molecule has 4 aromatic rings. The summed E-state index contributed by atoms with van der Waals surface area (Å²) in [5.41, 5.74) is 0.511. The van der Waals surface area contributed by atoms with Crippen molar-refractivity contribution in [2.75, 3.05) is 0 Å². The summed E-state index contributed by atoms with van der Waals surface area (Å²) in [5, 5.41) is 3.76. The van der Waals surface area contributed by atoms with Gasteiger partial charge in [-0.25, -0.2) is 4.98 Å². The predicted molar refractivity (Wildman–Crippen MR) is 116 cm³/mol. The van der Waals surface area contributed by atoms with E-state index in [0.29, 0.717) is 5.69 Å². The van der Waals surface area contributed by atoms with E-state index in [-0.39, 0.29) is 5.78 Å². The van der Waals surface area contributed by atoms with Crippen molar-refractivity contribution < 1.29 is 4.79 Å². The van der Waals surface area contributed by atoms with Crippen LogP contribution in [0, 0.1) is 6.92 Å². The highest BCUT2D eigenvalue weighted by molar-refractivity contribution is 7.10. The second kappa shape index (κ2) is 7.41. The Morgan fingerprint density at radius 2 is 1.14 bits per heavy atom. The van der Waals surface area contributed by atoms with Crippen LogP contribution in [0.5, 0.6) is 0 Å². The zero-order valence-corrected chi connectivity index (χ0v) is 17.0. The van der Waals surface area contributed by atoms with E-state index >= 15 is 0 Å². The van der Waals surface area contributed by atoms with Gasteiger partial charge in [-0.3, -0.25) is 4.79 Å². The van der Waals surface area contributed by atoms with Gasteiger partial charge in [-0.15, -0.1) is 0 Å². The van der Waals surface area contributed by atoms with Crippen LogP contribution in [-0.4, -0.2) is 23.2 Å². The van der Waals surface area contributed by atoms with Gasteiger partial charge in [-0.1, -0.05) is 91.0 Å². The molecular formula is C24H22N2OSi. The predicted octanol–water partition coefficient (Wildman–Crippen LogP) is 2.91. The number of carbonyl (C=O) groups is 1. The number of hydrogen-bond acceptors (Lipinski definition) is 2. The lowest BCUT2D eigenvalue weighted by atomic mass is 10.3. The van der Waals surface area contributed by atoms with E-state index in [1.165, 1.54) is 15.6 Å². The van der Waals surface area contributed by atoms with Gasteiger partial charge < -0.3 is 4.23 Å². The number of imidazole rings is 1. The molecule has 0 atom stereocenters. The summed E-state index contributed by atoms with van der Waals surface area (Å²) in [5.74, 6) is 0.840. The molecule has 0 saturated carbocycles. The molecule has 28 heavy (non-hydrogen) atoms. The molecule has 0 aliphatic carbocycles. The lowest BCUT2D eigenvalue weighted by molar-refractivity contribution is 0.101. The first-order valence-electron chi connectivity index (χ1n) is 9.38. The number of nitrogens with zero attached hydrogens (tertiary/aromatic N) is 2. The highest BCUT2D eigenvalue weighted by Crippen LogP contribution is 2.15. The van der Waals surface area contributed by atoms with E-state index in [9.17, 15) is 4.79 Å². The van der Waals surface area contributed by atoms with E-state index in [2.05, 4.69) is 82.0 Å². The lowest BCUT2D eigenvalue weighted by Gasteiger charge is -2.35. The van der Waals surface area contributed by atoms with Gasteiger partial charge in [0.15, 0.2) is 5.78 Å². The minimum Gasteiger partial charge on any atom is -0.349 e. The van der Waals surface area contributed by atoms with Crippen LogP contribution >= 0.6 is 0 Å². The Labute approximate surface area is 166 Å². The van der Waals surface area contributed by atoms with E-state index in [1.807, 2.05) is 31.3 Å². The summed E-state index contributed by atoms with van der Waals surface area (Å²) >= 11 is 0. The number of ketones is 1. The Hall–Kier alpha value is -3.24. The number of carbonyl (C=O) groups excluding carboxylic acids is 1. The van der Waals surface area contributed by atoms with Crippen LogP contribution in [-0.2, 0) is 0 Å². The summed E-state index contributed by atoms with van der Waals surface area (Å²) in [6.07, 6.45) is 1.94. The maximum absolute atomic E-state index is 12.1. The van der Waals surface area contributed by atoms with Gasteiger partial charge in [0, 0.05) is 13.1 Å². The number of aryl methyl sites for hydroxylation is 1. The number of hydrogen-bond donors (Lipinski definition) is 0. The normalized spacial score (nSPS) is 11.4. The molecule has 0 bridgehead atoms. The topological polar surface area (TPSA) is 34.9 Å². The molecule has 138 valence electrons. The molecule has 0 N–H and O–H groups in total. The number of aromatic nitrogens is 2. The molecule has 0 unspecified atom stereocenters. The van der Waals surface area contributed by atoms with Gasteiger partial charge >= 0.3 is 0 Å². The molecule has 0 aliphatic rings. The summed E-state index contributed by atoms with van der Waals surface area (Å²) in [6.45, 7) is 3.56. The van der Waals surface area contributed by atoms with Crippen LogP contribution < -0.4 is 15.6 Å². The monoisotopic (exact) mass is 382 g/mol. The van der Waals surface area contributed by atoms with Crippen molar-refractivity contribution in [1.82, 2.24) is 9.22 Å². The highest BCUT2D eigenvalue weighted by atomic mass is 28.3. The second-order valence-electron chi connectivity index (χ2n) is 6.91. The smallest absolute Gasteiger partial charge is 0.258 e. The summed E-state index contributed by atoms with van der Waals surface area (Å²) < 4.78 is 2.27. The molecule has 0 aliphatic heterocycles. The van der Waals surface area contributed by atoms with Gasteiger partial charge in [0.2, 0.25) is 0 Å². The first-order valence-corrected chi connectivity index (χ1v) is 11.3. The summed E-state index contributed by atoms with van der Waals surface area (Å²) in [7, 11) is -2.67. The molecular weight excluding hydrogens is 360 g/mol. The SMILES string of the molecule is CC(=O)c1cn([Si](c2ccccc2)(c2ccccc2)c2ccccc2)c(C)n1. The van der Waals surface area contributed by atoms with E-state index in [0.717, 1.165) is 5.82 Å². The summed E-state index contributed by atoms with van der Waals surface area (Å²) in [4.78, 5) is 16.7. The third-order valence-corrected chi connectivity index (χ3v) is 9.86. The van der Waals surface area contributed by atoms with Crippen LogP contribution in [0.25, 0.3) is 0 Å². The minimum absolute atomic E-state index is 0.0149. The first-order chi connectivity index (χ1) is 13.6. The van der Waals surface area contributed by atoms with Crippen LogP contribution in [0.1, 0.15) is 23.2 Å². The molecule has 3 aromatic carbocycles. The van der Waals surface area contributed by atoms with Gasteiger partial charge in [0.1, 0.15) is 5.69 Å². The molecule has 0 fully saturated rings. The average Bonchev–Trinajstić information content (AvgIpc) is 3.14. The fraction of sp³-hybridized carbons (Fsp3) is 0.0833. The van der Waals surface area contributed by atoms with Crippen molar-refractivity contribution in [3.63, 3.8) is 0 Å². The Morgan fingerprint density at radius 3 is 1.46 bits per heavy atom. The van der Waals surface area contributed by atoms with E-state index < -0.39 is 8.24 Å². The van der Waals surface area contributed by atoms with Crippen molar-refractivity contribution in [2.24, 2.45) is 0 Å². The number of benzene rings is 3. The number of rotatable bonds is 5. The van der Waals surface area contributed by atoms with Crippen LogP contribution in [0.2, 0.25) is 0 Å². The molecule has 0 amide bonds. The molecule has 4 rings (SSSR count). The van der Waals surface area contributed by atoms with Gasteiger partial charge in [0.25, 0.3) is 8.24 Å². The van der Waals surface area contributed by atoms with Crippen LogP contribution in [0.3, 0.4) is 0 Å². The molecule has 0 spiro atoms. The van der Waals surface area contributed by atoms with Crippen molar-refractivity contribution in [3.8, 4) is 0 Å². The van der Waals surface area contributed by atoms with Crippen molar-refractivity contribution in [3.05, 3.63) is 109 Å².